The number of carbonyl (C=O) groups is 2. The van der Waals surface area contributed by atoms with Gasteiger partial charge in [-0.2, -0.15) is 0 Å². The van der Waals surface area contributed by atoms with Gasteiger partial charge in [-0.25, -0.2) is 4.98 Å². The molecule has 1 aromatic heterocycles. The maximum absolute atomic E-state index is 12.9. The SMILES string of the molecule is CCCCn1c(=O)c(CCC(=O)OCC(=O)NC(C)CCCC(C)C)nc2ccccc21. The van der Waals surface area contributed by atoms with E-state index in [2.05, 4.69) is 31.1 Å². The normalized spacial score (nSPS) is 12.2. The number of amides is 1. The first-order valence-corrected chi connectivity index (χ1v) is 11.7. The average Bonchev–Trinajstić information content (AvgIpc) is 2.75. The van der Waals surface area contributed by atoms with Gasteiger partial charge in [0.25, 0.3) is 11.5 Å². The Kier molecular flexibility index (Phi) is 10.4. The second-order valence-electron chi connectivity index (χ2n) is 8.81. The fraction of sp³-hybridized carbons (Fsp3) is 0.600. The summed E-state index contributed by atoms with van der Waals surface area (Å²) in [6.45, 7) is 8.70. The van der Waals surface area contributed by atoms with Gasteiger partial charge in [-0.15, -0.1) is 0 Å². The number of aryl methyl sites for hydroxylation is 2. The Morgan fingerprint density at radius 2 is 1.88 bits per heavy atom. The van der Waals surface area contributed by atoms with Crippen molar-refractivity contribution < 1.29 is 14.3 Å². The fourth-order valence-electron chi connectivity index (χ4n) is 3.61. The second kappa shape index (κ2) is 13.0. The monoisotopic (exact) mass is 443 g/mol. The molecule has 7 nitrogen and oxygen atoms in total. The van der Waals surface area contributed by atoms with Crippen molar-refractivity contribution in [1.29, 1.82) is 0 Å². The van der Waals surface area contributed by atoms with Crippen LogP contribution in [0, 0.1) is 5.92 Å². The predicted molar refractivity (Wildman–Crippen MR) is 126 cm³/mol. The lowest BCUT2D eigenvalue weighted by Crippen LogP contribution is -2.36. The lowest BCUT2D eigenvalue weighted by Gasteiger charge is -2.14. The van der Waals surface area contributed by atoms with Gasteiger partial charge in [0.15, 0.2) is 6.61 Å². The summed E-state index contributed by atoms with van der Waals surface area (Å²) in [5, 5.41) is 2.86. The first-order valence-electron chi connectivity index (χ1n) is 11.7. The van der Waals surface area contributed by atoms with Gasteiger partial charge in [0, 0.05) is 19.0 Å². The highest BCUT2D eigenvalue weighted by Gasteiger charge is 2.14. The maximum Gasteiger partial charge on any atom is 0.306 e. The lowest BCUT2D eigenvalue weighted by molar-refractivity contribution is -0.148. The number of unbranched alkanes of at least 4 members (excludes halogenated alkanes) is 1. The van der Waals surface area contributed by atoms with Crippen LogP contribution < -0.4 is 10.9 Å². The van der Waals surface area contributed by atoms with Crippen LogP contribution in [0.2, 0.25) is 0 Å². The largest absolute Gasteiger partial charge is 0.456 e. The third kappa shape index (κ3) is 8.09. The van der Waals surface area contributed by atoms with Gasteiger partial charge in [0.1, 0.15) is 5.69 Å². The van der Waals surface area contributed by atoms with E-state index in [0.717, 1.165) is 43.1 Å². The van der Waals surface area contributed by atoms with Crippen LogP contribution in [0.1, 0.15) is 71.9 Å². The number of carbonyl (C=O) groups excluding carboxylic acids is 2. The zero-order valence-electron chi connectivity index (χ0n) is 19.9. The zero-order chi connectivity index (χ0) is 23.5. The number of nitrogens with one attached hydrogen (secondary N) is 1. The highest BCUT2D eigenvalue weighted by atomic mass is 16.5. The molecule has 0 aliphatic rings. The average molecular weight is 444 g/mol. The van der Waals surface area contributed by atoms with Gasteiger partial charge in [-0.05, 0) is 37.8 Å². The molecule has 32 heavy (non-hydrogen) atoms. The standard InChI is InChI=1S/C25H37N3O4/c1-5-6-16-28-22-13-8-7-12-20(22)27-21(25(28)31)14-15-24(30)32-17-23(29)26-19(4)11-9-10-18(2)3/h7-8,12-13,18-19H,5-6,9-11,14-17H2,1-4H3,(H,26,29). The van der Waals surface area contributed by atoms with Gasteiger partial charge in [-0.3, -0.25) is 14.4 Å². The summed E-state index contributed by atoms with van der Waals surface area (Å²) >= 11 is 0. The molecular weight excluding hydrogens is 406 g/mol. The van der Waals surface area contributed by atoms with Crippen LogP contribution >= 0.6 is 0 Å². The number of rotatable bonds is 13. The number of nitrogens with zero attached hydrogens (tertiary/aromatic N) is 2. The lowest BCUT2D eigenvalue weighted by atomic mass is 10.0. The summed E-state index contributed by atoms with van der Waals surface area (Å²) in [5.41, 5.74) is 1.71. The number of fused-ring (bicyclic) bond motifs is 1. The molecule has 0 saturated carbocycles. The molecule has 1 aromatic carbocycles. The van der Waals surface area contributed by atoms with Crippen LogP contribution in [0.4, 0.5) is 0 Å². The van der Waals surface area contributed by atoms with Crippen molar-refractivity contribution in [2.75, 3.05) is 6.61 Å². The number of hydrogen-bond acceptors (Lipinski definition) is 5. The van der Waals surface area contributed by atoms with Gasteiger partial charge in [0.2, 0.25) is 0 Å². The van der Waals surface area contributed by atoms with Crippen molar-refractivity contribution in [3.05, 3.63) is 40.3 Å². The van der Waals surface area contributed by atoms with Crippen LogP contribution in [0.15, 0.2) is 29.1 Å². The Bertz CT molecular complexity index is 952. The van der Waals surface area contributed by atoms with E-state index >= 15 is 0 Å². The molecule has 1 heterocycles. The van der Waals surface area contributed by atoms with Crippen molar-refractivity contribution in [3.63, 3.8) is 0 Å². The third-order valence-corrected chi connectivity index (χ3v) is 5.41. The molecular formula is C25H37N3O4. The highest BCUT2D eigenvalue weighted by Crippen LogP contribution is 2.12. The van der Waals surface area contributed by atoms with E-state index in [1.54, 1.807) is 4.57 Å². The maximum atomic E-state index is 12.9. The van der Waals surface area contributed by atoms with Crippen molar-refractivity contribution in [1.82, 2.24) is 14.9 Å². The van der Waals surface area contributed by atoms with E-state index in [-0.39, 0.29) is 37.0 Å². The van der Waals surface area contributed by atoms with Crippen molar-refractivity contribution in [2.24, 2.45) is 5.92 Å². The molecule has 0 bridgehead atoms. The minimum atomic E-state index is -0.512. The van der Waals surface area contributed by atoms with Crippen LogP contribution in [0.25, 0.3) is 11.0 Å². The van der Waals surface area contributed by atoms with Crippen LogP contribution in [0.5, 0.6) is 0 Å². The summed E-state index contributed by atoms with van der Waals surface area (Å²) in [5.74, 6) is -0.171. The molecule has 0 fully saturated rings. The molecule has 0 radical (unpaired) electrons. The molecule has 1 atom stereocenters. The highest BCUT2D eigenvalue weighted by molar-refractivity contribution is 5.80. The summed E-state index contributed by atoms with van der Waals surface area (Å²) in [4.78, 5) is 41.5. The van der Waals surface area contributed by atoms with Crippen molar-refractivity contribution >= 4 is 22.9 Å². The molecule has 176 valence electrons. The number of ether oxygens (including phenoxy) is 1. The number of para-hydroxylation sites is 2. The molecule has 0 aliphatic heterocycles. The predicted octanol–water partition coefficient (Wildman–Crippen LogP) is 4.00. The Morgan fingerprint density at radius 1 is 1.12 bits per heavy atom. The summed E-state index contributed by atoms with van der Waals surface area (Å²) in [6, 6.07) is 7.57. The first-order chi connectivity index (χ1) is 15.3. The molecule has 7 heteroatoms. The van der Waals surface area contributed by atoms with E-state index < -0.39 is 5.97 Å². The zero-order valence-corrected chi connectivity index (χ0v) is 19.9. The van der Waals surface area contributed by atoms with Crippen LogP contribution in [-0.2, 0) is 27.3 Å². The Hall–Kier alpha value is -2.70. The van der Waals surface area contributed by atoms with E-state index in [4.69, 9.17) is 4.74 Å². The second-order valence-corrected chi connectivity index (χ2v) is 8.81. The van der Waals surface area contributed by atoms with E-state index in [0.29, 0.717) is 18.2 Å². The van der Waals surface area contributed by atoms with Gasteiger partial charge < -0.3 is 14.6 Å². The first kappa shape index (κ1) is 25.6. The molecule has 1 unspecified atom stereocenters. The number of benzene rings is 1. The van der Waals surface area contributed by atoms with Crippen LogP contribution in [0.3, 0.4) is 0 Å². The number of hydrogen-bond donors (Lipinski definition) is 1. The minimum Gasteiger partial charge on any atom is -0.456 e. The summed E-state index contributed by atoms with van der Waals surface area (Å²) in [7, 11) is 0. The minimum absolute atomic E-state index is 0.00554. The smallest absolute Gasteiger partial charge is 0.306 e. The van der Waals surface area contributed by atoms with E-state index in [9.17, 15) is 14.4 Å². The van der Waals surface area contributed by atoms with E-state index in [1.807, 2.05) is 31.2 Å². The molecule has 0 saturated heterocycles. The topological polar surface area (TPSA) is 90.3 Å². The van der Waals surface area contributed by atoms with Gasteiger partial charge in [-0.1, -0.05) is 52.2 Å². The number of esters is 1. The molecule has 0 spiro atoms. The summed E-state index contributed by atoms with van der Waals surface area (Å²) < 4.78 is 6.84. The summed E-state index contributed by atoms with van der Waals surface area (Å²) in [6.07, 6.45) is 5.12. The van der Waals surface area contributed by atoms with Crippen molar-refractivity contribution in [2.45, 2.75) is 85.2 Å². The quantitative estimate of drug-likeness (QED) is 0.473. The molecule has 0 aliphatic carbocycles. The number of aromatic nitrogens is 2. The Balaban J connectivity index is 1.88. The van der Waals surface area contributed by atoms with Crippen molar-refractivity contribution in [3.8, 4) is 0 Å². The Labute approximate surface area is 190 Å². The van der Waals surface area contributed by atoms with Gasteiger partial charge in [0.05, 0.1) is 17.5 Å². The van der Waals surface area contributed by atoms with Crippen LogP contribution in [-0.4, -0.2) is 34.1 Å². The molecule has 2 aromatic rings. The fourth-order valence-corrected chi connectivity index (χ4v) is 3.61. The van der Waals surface area contributed by atoms with E-state index in [1.165, 1.54) is 0 Å². The molecule has 1 N–H and O–H groups in total. The molecule has 2 rings (SSSR count). The van der Waals surface area contributed by atoms with Gasteiger partial charge >= 0.3 is 5.97 Å². The third-order valence-electron chi connectivity index (χ3n) is 5.41. The Morgan fingerprint density at radius 3 is 2.59 bits per heavy atom. The molecule has 1 amide bonds.